The zero-order valence-electron chi connectivity index (χ0n) is 11.0. The summed E-state index contributed by atoms with van der Waals surface area (Å²) in [7, 11) is 0. The van der Waals surface area contributed by atoms with Crippen LogP contribution in [0.4, 0.5) is 0 Å². The van der Waals surface area contributed by atoms with Crippen molar-refractivity contribution in [2.75, 3.05) is 12.4 Å². The lowest BCUT2D eigenvalue weighted by Crippen LogP contribution is -2.23. The van der Waals surface area contributed by atoms with Crippen LogP contribution < -0.4 is 5.73 Å². The van der Waals surface area contributed by atoms with E-state index in [2.05, 4.69) is 0 Å². The molecule has 0 heterocycles. The van der Waals surface area contributed by atoms with Gasteiger partial charge in [0, 0.05) is 11.8 Å². The summed E-state index contributed by atoms with van der Waals surface area (Å²) in [6.45, 7) is 4.28. The number of hydrogen-bond donors (Lipinski definition) is 1. The van der Waals surface area contributed by atoms with Crippen LogP contribution in [-0.4, -0.2) is 24.4 Å². The number of carbonyl (C=O) groups is 1. The van der Waals surface area contributed by atoms with Crippen molar-refractivity contribution in [2.24, 2.45) is 5.73 Å². The molecule has 0 aromatic heterocycles. The minimum Gasteiger partial charge on any atom is -0.465 e. The molecule has 0 bridgehead atoms. The van der Waals surface area contributed by atoms with Gasteiger partial charge in [-0.25, -0.2) is 0 Å². The largest absolute Gasteiger partial charge is 0.465 e. The van der Waals surface area contributed by atoms with Crippen LogP contribution >= 0.6 is 11.8 Å². The van der Waals surface area contributed by atoms with Crippen LogP contribution in [0.25, 0.3) is 0 Å². The average molecular weight is 267 g/mol. The lowest BCUT2D eigenvalue weighted by atomic mass is 10.1. The summed E-state index contributed by atoms with van der Waals surface area (Å²) in [6, 6.07) is 9.83. The first kappa shape index (κ1) is 15.1. The molecule has 4 heteroatoms. The third kappa shape index (κ3) is 4.70. The minimum atomic E-state index is -0.274. The number of nitrogens with two attached hydrogens (primary N) is 1. The molecule has 0 amide bonds. The molecule has 0 saturated carbocycles. The Bertz CT molecular complexity index is 356. The summed E-state index contributed by atoms with van der Waals surface area (Å²) in [5, 5.41) is -0.274. The summed E-state index contributed by atoms with van der Waals surface area (Å²) >= 11 is 1.56. The molecule has 2 N–H and O–H groups in total. The summed E-state index contributed by atoms with van der Waals surface area (Å²) in [5.74, 6) is 0.575. The Morgan fingerprint density at radius 2 is 2.00 bits per heavy atom. The molecule has 100 valence electrons. The zero-order chi connectivity index (χ0) is 13.4. The van der Waals surface area contributed by atoms with Crippen molar-refractivity contribution < 1.29 is 9.53 Å². The zero-order valence-corrected chi connectivity index (χ0v) is 11.8. The molecule has 0 fully saturated rings. The Kier molecular flexibility index (Phi) is 6.83. The summed E-state index contributed by atoms with van der Waals surface area (Å²) in [4.78, 5) is 12.0. The van der Waals surface area contributed by atoms with Gasteiger partial charge < -0.3 is 10.5 Å². The second-order valence-corrected chi connectivity index (χ2v) is 5.18. The van der Waals surface area contributed by atoms with E-state index in [0.29, 0.717) is 6.61 Å². The van der Waals surface area contributed by atoms with E-state index in [-0.39, 0.29) is 17.3 Å². The van der Waals surface area contributed by atoms with Crippen LogP contribution in [0, 0.1) is 0 Å². The molecule has 2 atom stereocenters. The van der Waals surface area contributed by atoms with Gasteiger partial charge in [-0.15, -0.1) is 11.8 Å². The smallest absolute Gasteiger partial charge is 0.323 e. The molecule has 0 saturated heterocycles. The highest BCUT2D eigenvalue weighted by Crippen LogP contribution is 2.30. The maximum Gasteiger partial charge on any atom is 0.323 e. The topological polar surface area (TPSA) is 52.3 Å². The monoisotopic (exact) mass is 267 g/mol. The molecule has 1 rings (SSSR count). The molecule has 0 radical (unpaired) electrons. The standard InChI is InChI=1S/C14H21NO2S/c1-3-12(15)10-18-13(14(16)17-4-2)11-8-6-5-7-9-11/h5-9,12-13H,3-4,10,15H2,1-2H3. The third-order valence-electron chi connectivity index (χ3n) is 2.60. The first-order chi connectivity index (χ1) is 8.69. The third-order valence-corrected chi connectivity index (χ3v) is 4.02. The highest BCUT2D eigenvalue weighted by molar-refractivity contribution is 8.00. The van der Waals surface area contributed by atoms with E-state index in [0.717, 1.165) is 17.7 Å². The van der Waals surface area contributed by atoms with Gasteiger partial charge >= 0.3 is 5.97 Å². The highest BCUT2D eigenvalue weighted by Gasteiger charge is 2.22. The van der Waals surface area contributed by atoms with E-state index >= 15 is 0 Å². The quantitative estimate of drug-likeness (QED) is 0.772. The van der Waals surface area contributed by atoms with Crippen molar-refractivity contribution in [1.29, 1.82) is 0 Å². The number of rotatable bonds is 7. The molecule has 18 heavy (non-hydrogen) atoms. The molecule has 1 aromatic rings. The predicted molar refractivity (Wildman–Crippen MR) is 76.5 cm³/mol. The van der Waals surface area contributed by atoms with Crippen molar-refractivity contribution in [2.45, 2.75) is 31.6 Å². The van der Waals surface area contributed by atoms with Crippen molar-refractivity contribution in [3.8, 4) is 0 Å². The van der Waals surface area contributed by atoms with Gasteiger partial charge in [0.05, 0.1) is 6.61 Å². The van der Waals surface area contributed by atoms with Crippen LogP contribution in [0.2, 0.25) is 0 Å². The first-order valence-corrected chi connectivity index (χ1v) is 7.32. The van der Waals surface area contributed by atoms with Crippen LogP contribution in [-0.2, 0) is 9.53 Å². The van der Waals surface area contributed by atoms with Crippen molar-refractivity contribution in [3.63, 3.8) is 0 Å². The number of hydrogen-bond acceptors (Lipinski definition) is 4. The predicted octanol–water partition coefficient (Wildman–Crippen LogP) is 2.76. The number of thioether (sulfide) groups is 1. The van der Waals surface area contributed by atoms with Gasteiger partial charge in [0.1, 0.15) is 5.25 Å². The summed E-state index contributed by atoms with van der Waals surface area (Å²) in [5.41, 5.74) is 6.88. The van der Waals surface area contributed by atoms with Gasteiger partial charge in [-0.2, -0.15) is 0 Å². The second kappa shape index (κ2) is 8.16. The SMILES string of the molecule is CCOC(=O)C(SCC(N)CC)c1ccccc1. The number of carbonyl (C=O) groups excluding carboxylic acids is 1. The normalized spacial score (nSPS) is 13.9. The lowest BCUT2D eigenvalue weighted by Gasteiger charge is -2.17. The van der Waals surface area contributed by atoms with Crippen LogP contribution in [0.1, 0.15) is 31.1 Å². The highest BCUT2D eigenvalue weighted by atomic mass is 32.2. The van der Waals surface area contributed by atoms with Crippen molar-refractivity contribution in [1.82, 2.24) is 0 Å². The second-order valence-electron chi connectivity index (χ2n) is 4.04. The average Bonchev–Trinajstić information content (AvgIpc) is 2.40. The van der Waals surface area contributed by atoms with Crippen LogP contribution in [0.15, 0.2) is 30.3 Å². The summed E-state index contributed by atoms with van der Waals surface area (Å²) in [6.07, 6.45) is 0.914. The van der Waals surface area contributed by atoms with E-state index in [4.69, 9.17) is 10.5 Å². The number of esters is 1. The van der Waals surface area contributed by atoms with E-state index < -0.39 is 0 Å². The molecule has 2 unspecified atom stereocenters. The van der Waals surface area contributed by atoms with E-state index in [1.165, 1.54) is 0 Å². The van der Waals surface area contributed by atoms with Gasteiger partial charge in [0.2, 0.25) is 0 Å². The van der Waals surface area contributed by atoms with Gasteiger partial charge in [-0.05, 0) is 18.9 Å². The maximum absolute atomic E-state index is 12.0. The van der Waals surface area contributed by atoms with Gasteiger partial charge in [0.25, 0.3) is 0 Å². The Morgan fingerprint density at radius 3 is 2.56 bits per heavy atom. The Morgan fingerprint density at radius 1 is 1.33 bits per heavy atom. The Hall–Kier alpha value is -1.00. The van der Waals surface area contributed by atoms with Crippen molar-refractivity contribution >= 4 is 17.7 Å². The Labute approximate surface area is 113 Å². The molecule has 3 nitrogen and oxygen atoms in total. The van der Waals surface area contributed by atoms with E-state index in [1.54, 1.807) is 11.8 Å². The fourth-order valence-corrected chi connectivity index (χ4v) is 2.71. The summed E-state index contributed by atoms with van der Waals surface area (Å²) < 4.78 is 5.12. The molecular formula is C14H21NO2S. The van der Waals surface area contributed by atoms with Gasteiger partial charge in [0.15, 0.2) is 0 Å². The number of ether oxygens (including phenoxy) is 1. The molecule has 1 aromatic carbocycles. The van der Waals surface area contributed by atoms with Gasteiger partial charge in [-0.1, -0.05) is 37.3 Å². The minimum absolute atomic E-state index is 0.121. The molecule has 0 aliphatic heterocycles. The van der Waals surface area contributed by atoms with Crippen molar-refractivity contribution in [3.05, 3.63) is 35.9 Å². The first-order valence-electron chi connectivity index (χ1n) is 6.27. The molecule has 0 aliphatic carbocycles. The molecular weight excluding hydrogens is 246 g/mol. The fourth-order valence-electron chi connectivity index (χ4n) is 1.48. The molecule has 0 aliphatic rings. The van der Waals surface area contributed by atoms with Crippen LogP contribution in [0.5, 0.6) is 0 Å². The van der Waals surface area contributed by atoms with E-state index in [1.807, 2.05) is 44.2 Å². The lowest BCUT2D eigenvalue weighted by molar-refractivity contribution is -0.142. The maximum atomic E-state index is 12.0. The van der Waals surface area contributed by atoms with Gasteiger partial charge in [-0.3, -0.25) is 4.79 Å². The Balaban J connectivity index is 2.72. The number of benzene rings is 1. The molecule has 0 spiro atoms. The van der Waals surface area contributed by atoms with Crippen LogP contribution in [0.3, 0.4) is 0 Å². The fraction of sp³-hybridized carbons (Fsp3) is 0.500. The van der Waals surface area contributed by atoms with E-state index in [9.17, 15) is 4.79 Å².